The number of hydrogen-bond acceptors (Lipinski definition) is 3. The Kier molecular flexibility index (Phi) is 3.54. The van der Waals surface area contributed by atoms with Crippen LogP contribution in [0, 0.1) is 5.92 Å². The van der Waals surface area contributed by atoms with Crippen LogP contribution in [-0.2, 0) is 9.59 Å². The van der Waals surface area contributed by atoms with Crippen molar-refractivity contribution in [2.75, 3.05) is 6.54 Å². The Hall–Kier alpha value is -1.79. The van der Waals surface area contributed by atoms with Crippen molar-refractivity contribution in [3.63, 3.8) is 0 Å². The average Bonchev–Trinajstić information content (AvgIpc) is 1.84. The molecular weight excluding hydrogens is 168 g/mol. The Morgan fingerprint density at radius 3 is 1.92 bits per heavy atom. The van der Waals surface area contributed by atoms with Crippen molar-refractivity contribution in [1.29, 1.82) is 0 Å². The van der Waals surface area contributed by atoms with Gasteiger partial charge in [-0.25, -0.2) is 4.79 Å². The van der Waals surface area contributed by atoms with Crippen LogP contribution in [0.4, 0.5) is 4.79 Å². The maximum Gasteiger partial charge on any atom is 0.319 e. The first-order valence-corrected chi connectivity index (χ1v) is 2.94. The van der Waals surface area contributed by atoms with Gasteiger partial charge in [-0.15, -0.1) is 0 Å². The number of amides is 2. The molecule has 12 heavy (non-hydrogen) atoms. The molecule has 2 amide bonds. The maximum atomic E-state index is 10.2. The van der Waals surface area contributed by atoms with Crippen molar-refractivity contribution in [2.24, 2.45) is 11.7 Å². The van der Waals surface area contributed by atoms with E-state index in [0.717, 1.165) is 0 Å². The molecule has 0 spiro atoms. The van der Waals surface area contributed by atoms with E-state index >= 15 is 0 Å². The molecular formula is C5H8N2O5. The van der Waals surface area contributed by atoms with Gasteiger partial charge in [-0.3, -0.25) is 9.59 Å². The van der Waals surface area contributed by atoms with E-state index in [1.165, 1.54) is 0 Å². The Labute approximate surface area is 67.2 Å². The molecule has 0 saturated carbocycles. The van der Waals surface area contributed by atoms with Gasteiger partial charge >= 0.3 is 18.0 Å². The van der Waals surface area contributed by atoms with Crippen molar-refractivity contribution in [1.82, 2.24) is 5.32 Å². The number of urea groups is 1. The molecule has 68 valence electrons. The lowest BCUT2D eigenvalue weighted by Gasteiger charge is -2.06. The zero-order valence-electron chi connectivity index (χ0n) is 5.98. The predicted molar refractivity (Wildman–Crippen MR) is 36.3 cm³/mol. The van der Waals surface area contributed by atoms with E-state index in [2.05, 4.69) is 5.73 Å². The number of primary amides is 1. The third-order valence-corrected chi connectivity index (χ3v) is 1.08. The number of aliphatic carboxylic acids is 2. The predicted octanol–water partition coefficient (Wildman–Crippen LogP) is -1.56. The fraction of sp³-hybridized carbons (Fsp3) is 0.400. The number of nitrogens with one attached hydrogen (secondary N) is 1. The number of carbonyl (C=O) groups is 3. The van der Waals surface area contributed by atoms with Gasteiger partial charge < -0.3 is 21.3 Å². The lowest BCUT2D eigenvalue weighted by atomic mass is 10.1. The van der Waals surface area contributed by atoms with Crippen molar-refractivity contribution in [2.45, 2.75) is 0 Å². The average molecular weight is 176 g/mol. The first-order valence-electron chi connectivity index (χ1n) is 2.94. The second-order valence-electron chi connectivity index (χ2n) is 1.97. The highest BCUT2D eigenvalue weighted by molar-refractivity contribution is 5.93. The van der Waals surface area contributed by atoms with Gasteiger partial charge in [-0.1, -0.05) is 0 Å². The summed E-state index contributed by atoms with van der Waals surface area (Å²) >= 11 is 0. The second kappa shape index (κ2) is 4.16. The summed E-state index contributed by atoms with van der Waals surface area (Å²) in [6, 6.07) is -0.956. The van der Waals surface area contributed by atoms with E-state index in [0.29, 0.717) is 0 Å². The lowest BCUT2D eigenvalue weighted by molar-refractivity contribution is -0.154. The summed E-state index contributed by atoms with van der Waals surface area (Å²) < 4.78 is 0. The highest BCUT2D eigenvalue weighted by Gasteiger charge is 2.25. The van der Waals surface area contributed by atoms with E-state index in [9.17, 15) is 14.4 Å². The van der Waals surface area contributed by atoms with Crippen molar-refractivity contribution in [3.05, 3.63) is 0 Å². The summed E-state index contributed by atoms with van der Waals surface area (Å²) in [6.45, 7) is -0.514. The summed E-state index contributed by atoms with van der Waals surface area (Å²) in [5, 5.41) is 18.5. The molecule has 0 saturated heterocycles. The number of nitrogens with two attached hydrogens (primary N) is 1. The first kappa shape index (κ1) is 10.2. The van der Waals surface area contributed by atoms with Crippen molar-refractivity contribution >= 4 is 18.0 Å². The molecule has 0 radical (unpaired) electrons. The van der Waals surface area contributed by atoms with Crippen LogP contribution in [-0.4, -0.2) is 34.7 Å². The molecule has 0 aromatic rings. The van der Waals surface area contributed by atoms with Crippen LogP contribution in [0.3, 0.4) is 0 Å². The molecule has 0 aromatic carbocycles. The lowest BCUT2D eigenvalue weighted by Crippen LogP contribution is -2.39. The smallest absolute Gasteiger partial charge is 0.319 e. The fourth-order valence-corrected chi connectivity index (χ4v) is 0.483. The number of carbonyl (C=O) groups excluding carboxylic acids is 1. The maximum absolute atomic E-state index is 10.2. The molecule has 0 aromatic heterocycles. The number of rotatable bonds is 4. The van der Waals surface area contributed by atoms with Crippen LogP contribution >= 0.6 is 0 Å². The fourth-order valence-electron chi connectivity index (χ4n) is 0.483. The normalized spacial score (nSPS) is 9.42. The minimum absolute atomic E-state index is 0.514. The Bertz CT molecular complexity index is 200. The van der Waals surface area contributed by atoms with E-state index in [4.69, 9.17) is 10.2 Å². The Morgan fingerprint density at radius 1 is 1.25 bits per heavy atom. The second-order valence-corrected chi connectivity index (χ2v) is 1.97. The highest BCUT2D eigenvalue weighted by Crippen LogP contribution is 1.94. The highest BCUT2D eigenvalue weighted by atomic mass is 16.4. The van der Waals surface area contributed by atoms with Gasteiger partial charge in [0.05, 0.1) is 0 Å². The van der Waals surface area contributed by atoms with Gasteiger partial charge in [0, 0.05) is 6.54 Å². The minimum atomic E-state index is -1.66. The van der Waals surface area contributed by atoms with Gasteiger partial charge in [0.25, 0.3) is 0 Å². The zero-order chi connectivity index (χ0) is 9.72. The van der Waals surface area contributed by atoms with Crippen LogP contribution in [0.1, 0.15) is 0 Å². The quantitative estimate of drug-likeness (QED) is 0.385. The van der Waals surface area contributed by atoms with Gasteiger partial charge in [-0.05, 0) is 0 Å². The molecule has 0 aliphatic rings. The van der Waals surface area contributed by atoms with E-state index < -0.39 is 30.4 Å². The summed E-state index contributed by atoms with van der Waals surface area (Å²) in [5.74, 6) is -4.69. The standard InChI is InChI=1S/C5H8N2O5/c6-5(12)7-1-2(3(8)9)4(10)11/h2H,1H2,(H,8,9)(H,10,11)(H3,6,7,12). The molecule has 0 rings (SSSR count). The van der Waals surface area contributed by atoms with Crippen molar-refractivity contribution in [3.8, 4) is 0 Å². The largest absolute Gasteiger partial charge is 0.481 e. The molecule has 0 aliphatic heterocycles. The molecule has 7 heteroatoms. The van der Waals surface area contributed by atoms with Crippen LogP contribution < -0.4 is 11.1 Å². The van der Waals surface area contributed by atoms with Crippen LogP contribution in [0.5, 0.6) is 0 Å². The molecule has 0 bridgehead atoms. The SMILES string of the molecule is NC(=O)NCC(C(=O)O)C(=O)O. The molecule has 0 heterocycles. The molecule has 5 N–H and O–H groups in total. The molecule has 7 nitrogen and oxygen atoms in total. The van der Waals surface area contributed by atoms with E-state index in [1.54, 1.807) is 0 Å². The van der Waals surface area contributed by atoms with Gasteiger partial charge in [0.1, 0.15) is 0 Å². The Morgan fingerprint density at radius 2 is 1.67 bits per heavy atom. The molecule has 0 aliphatic carbocycles. The van der Waals surface area contributed by atoms with E-state index in [1.807, 2.05) is 5.32 Å². The summed E-state index contributed by atoms with van der Waals surface area (Å²) in [6.07, 6.45) is 0. The first-order chi connectivity index (χ1) is 5.45. The summed E-state index contributed by atoms with van der Waals surface area (Å²) in [5.41, 5.74) is 4.61. The summed E-state index contributed by atoms with van der Waals surface area (Å²) in [7, 11) is 0. The third-order valence-electron chi connectivity index (χ3n) is 1.08. The van der Waals surface area contributed by atoms with E-state index in [-0.39, 0.29) is 0 Å². The van der Waals surface area contributed by atoms with Gasteiger partial charge in [0.15, 0.2) is 5.92 Å². The van der Waals surface area contributed by atoms with Crippen LogP contribution in [0.25, 0.3) is 0 Å². The van der Waals surface area contributed by atoms with Gasteiger partial charge in [0.2, 0.25) is 0 Å². The van der Waals surface area contributed by atoms with Crippen molar-refractivity contribution < 1.29 is 24.6 Å². The molecule has 0 fully saturated rings. The van der Waals surface area contributed by atoms with Gasteiger partial charge in [-0.2, -0.15) is 0 Å². The number of carboxylic acids is 2. The zero-order valence-corrected chi connectivity index (χ0v) is 5.98. The number of carboxylic acid groups (broad SMARTS) is 2. The number of hydrogen-bond donors (Lipinski definition) is 4. The third kappa shape index (κ3) is 3.40. The topological polar surface area (TPSA) is 130 Å². The summed E-state index contributed by atoms with van der Waals surface area (Å²) in [4.78, 5) is 30.4. The van der Waals surface area contributed by atoms with Crippen LogP contribution in [0.2, 0.25) is 0 Å². The molecule has 0 unspecified atom stereocenters. The Balaban J connectivity index is 4.06. The minimum Gasteiger partial charge on any atom is -0.481 e. The monoisotopic (exact) mass is 176 g/mol. The van der Waals surface area contributed by atoms with Crippen LogP contribution in [0.15, 0.2) is 0 Å². The molecule has 0 atom stereocenters.